The molecule has 0 fully saturated rings. The van der Waals surface area contributed by atoms with Gasteiger partial charge in [-0.25, -0.2) is 0 Å². The van der Waals surface area contributed by atoms with Crippen LogP contribution in [0.1, 0.15) is 54.6 Å². The van der Waals surface area contributed by atoms with Crippen molar-refractivity contribution in [2.24, 2.45) is 5.73 Å². The molecule has 0 bridgehead atoms. The van der Waals surface area contributed by atoms with Gasteiger partial charge in [-0.15, -0.1) is 5.10 Å². The Morgan fingerprint density at radius 2 is 2.11 bits per heavy atom. The Bertz CT molecular complexity index is 518. The molecule has 0 saturated heterocycles. The summed E-state index contributed by atoms with van der Waals surface area (Å²) in [4.78, 5) is 5.54. The summed E-state index contributed by atoms with van der Waals surface area (Å²) in [6.07, 6.45) is 3.67. The lowest BCUT2D eigenvalue weighted by Crippen LogP contribution is -2.15. The first-order valence-corrected chi connectivity index (χ1v) is 7.40. The second-order valence-corrected chi connectivity index (χ2v) is 5.78. The predicted octanol–water partition coefficient (Wildman–Crippen LogP) is 2.86. The number of nitrogens with two attached hydrogens (primary N) is 1. The van der Waals surface area contributed by atoms with Gasteiger partial charge < -0.3 is 5.73 Å². The molecule has 0 radical (unpaired) electrons. The normalized spacial score (nSPS) is 12.9. The standard InChI is InChI=1S/C14H20N4S/c1-4-10-5-6-11(16-8-10)7-12(15)14-13(9(2)3)17-18-19-14/h5-6,8-9,12H,4,7,15H2,1-3H3. The highest BCUT2D eigenvalue weighted by atomic mass is 32.1. The predicted molar refractivity (Wildman–Crippen MR) is 78.2 cm³/mol. The molecule has 2 heterocycles. The number of hydrogen-bond acceptors (Lipinski definition) is 5. The Kier molecular flexibility index (Phi) is 4.61. The lowest BCUT2D eigenvalue weighted by atomic mass is 10.0. The van der Waals surface area contributed by atoms with E-state index in [4.69, 9.17) is 5.73 Å². The van der Waals surface area contributed by atoms with Crippen LogP contribution >= 0.6 is 11.5 Å². The van der Waals surface area contributed by atoms with E-state index in [1.807, 2.05) is 6.20 Å². The Labute approximate surface area is 118 Å². The van der Waals surface area contributed by atoms with Crippen molar-refractivity contribution in [3.8, 4) is 0 Å². The quantitative estimate of drug-likeness (QED) is 0.912. The number of nitrogens with zero attached hydrogens (tertiary/aromatic N) is 3. The number of aryl methyl sites for hydroxylation is 1. The molecular formula is C14H20N4S. The van der Waals surface area contributed by atoms with E-state index in [1.165, 1.54) is 17.1 Å². The number of aromatic nitrogens is 3. The van der Waals surface area contributed by atoms with Crippen LogP contribution in [-0.2, 0) is 12.8 Å². The van der Waals surface area contributed by atoms with Gasteiger partial charge in [0.1, 0.15) is 0 Å². The lowest BCUT2D eigenvalue weighted by molar-refractivity contribution is 0.689. The van der Waals surface area contributed by atoms with Crippen molar-refractivity contribution < 1.29 is 0 Å². The number of rotatable bonds is 5. The average molecular weight is 276 g/mol. The Morgan fingerprint density at radius 3 is 2.68 bits per heavy atom. The third-order valence-electron chi connectivity index (χ3n) is 3.15. The van der Waals surface area contributed by atoms with Crippen LogP contribution < -0.4 is 5.73 Å². The third-order valence-corrected chi connectivity index (χ3v) is 4.02. The highest BCUT2D eigenvalue weighted by molar-refractivity contribution is 7.05. The average Bonchev–Trinajstić information content (AvgIpc) is 2.89. The topological polar surface area (TPSA) is 64.7 Å². The van der Waals surface area contributed by atoms with Crippen LogP contribution in [0.5, 0.6) is 0 Å². The maximum atomic E-state index is 6.27. The summed E-state index contributed by atoms with van der Waals surface area (Å²) in [7, 11) is 0. The molecule has 0 aliphatic carbocycles. The van der Waals surface area contributed by atoms with Crippen LogP contribution in [0.3, 0.4) is 0 Å². The number of pyridine rings is 1. The van der Waals surface area contributed by atoms with Crippen LogP contribution in [0, 0.1) is 0 Å². The Hall–Kier alpha value is -1.33. The number of hydrogen-bond donors (Lipinski definition) is 1. The van der Waals surface area contributed by atoms with Crippen LogP contribution in [0.15, 0.2) is 18.3 Å². The molecule has 2 aromatic heterocycles. The van der Waals surface area contributed by atoms with Crippen molar-refractivity contribution >= 4 is 11.5 Å². The summed E-state index contributed by atoms with van der Waals surface area (Å²) < 4.78 is 4.02. The van der Waals surface area contributed by atoms with Crippen molar-refractivity contribution in [3.05, 3.63) is 40.2 Å². The minimum absolute atomic E-state index is 0.0719. The van der Waals surface area contributed by atoms with Gasteiger partial charge >= 0.3 is 0 Å². The zero-order valence-corrected chi connectivity index (χ0v) is 12.4. The highest BCUT2D eigenvalue weighted by Gasteiger charge is 2.18. The first kappa shape index (κ1) is 14.1. The van der Waals surface area contributed by atoms with Crippen LogP contribution in [0.2, 0.25) is 0 Å². The molecule has 2 N–H and O–H groups in total. The van der Waals surface area contributed by atoms with E-state index < -0.39 is 0 Å². The van der Waals surface area contributed by atoms with Crippen LogP contribution in [0.25, 0.3) is 0 Å². The fraction of sp³-hybridized carbons (Fsp3) is 0.500. The highest BCUT2D eigenvalue weighted by Crippen LogP contribution is 2.26. The van der Waals surface area contributed by atoms with Gasteiger partial charge in [0, 0.05) is 24.4 Å². The molecule has 0 aromatic carbocycles. The molecule has 0 aliphatic rings. The Balaban J connectivity index is 2.11. The maximum absolute atomic E-state index is 6.27. The lowest BCUT2D eigenvalue weighted by Gasteiger charge is -2.12. The molecule has 4 nitrogen and oxygen atoms in total. The molecule has 0 amide bonds. The molecule has 1 atom stereocenters. The maximum Gasteiger partial charge on any atom is 0.0829 e. The summed E-state index contributed by atoms with van der Waals surface area (Å²) in [6.45, 7) is 6.35. The molecule has 0 spiro atoms. The molecule has 102 valence electrons. The summed E-state index contributed by atoms with van der Waals surface area (Å²) in [6, 6.07) is 4.10. The van der Waals surface area contributed by atoms with E-state index in [2.05, 4.69) is 47.5 Å². The molecule has 0 aliphatic heterocycles. The zero-order chi connectivity index (χ0) is 13.8. The van der Waals surface area contributed by atoms with Crippen LogP contribution in [0.4, 0.5) is 0 Å². The van der Waals surface area contributed by atoms with Gasteiger partial charge in [-0.05, 0) is 35.5 Å². The molecular weight excluding hydrogens is 256 g/mol. The van der Waals surface area contributed by atoms with Crippen molar-refractivity contribution in [3.63, 3.8) is 0 Å². The van der Waals surface area contributed by atoms with E-state index in [-0.39, 0.29) is 6.04 Å². The SMILES string of the molecule is CCc1ccc(CC(N)c2snnc2C(C)C)nc1. The summed E-state index contributed by atoms with van der Waals surface area (Å²) in [5, 5.41) is 4.17. The Morgan fingerprint density at radius 1 is 1.32 bits per heavy atom. The fourth-order valence-corrected chi connectivity index (χ4v) is 2.77. The largest absolute Gasteiger partial charge is 0.323 e. The first-order chi connectivity index (χ1) is 9.11. The third kappa shape index (κ3) is 3.36. The molecule has 5 heteroatoms. The van der Waals surface area contributed by atoms with Gasteiger partial charge in [-0.3, -0.25) is 4.98 Å². The van der Waals surface area contributed by atoms with Crippen LogP contribution in [-0.4, -0.2) is 14.6 Å². The van der Waals surface area contributed by atoms with Gasteiger partial charge in [0.15, 0.2) is 0 Å². The summed E-state index contributed by atoms with van der Waals surface area (Å²) >= 11 is 1.40. The molecule has 0 saturated carbocycles. The van der Waals surface area contributed by atoms with Gasteiger partial charge in [0.2, 0.25) is 0 Å². The minimum Gasteiger partial charge on any atom is -0.323 e. The van der Waals surface area contributed by atoms with E-state index in [0.29, 0.717) is 5.92 Å². The zero-order valence-electron chi connectivity index (χ0n) is 11.6. The van der Waals surface area contributed by atoms with Crippen molar-refractivity contribution in [1.29, 1.82) is 0 Å². The van der Waals surface area contributed by atoms with Gasteiger partial charge in [-0.1, -0.05) is 31.3 Å². The minimum atomic E-state index is -0.0719. The van der Waals surface area contributed by atoms with Crippen molar-refractivity contribution in [1.82, 2.24) is 14.6 Å². The molecule has 1 unspecified atom stereocenters. The van der Waals surface area contributed by atoms with Crippen molar-refractivity contribution in [2.75, 3.05) is 0 Å². The second-order valence-electron chi connectivity index (χ2n) is 5.00. The van der Waals surface area contributed by atoms with E-state index >= 15 is 0 Å². The van der Waals surface area contributed by atoms with E-state index in [9.17, 15) is 0 Å². The molecule has 19 heavy (non-hydrogen) atoms. The van der Waals surface area contributed by atoms with Gasteiger partial charge in [0.25, 0.3) is 0 Å². The smallest absolute Gasteiger partial charge is 0.0829 e. The van der Waals surface area contributed by atoms with Crippen molar-refractivity contribution in [2.45, 2.75) is 45.6 Å². The van der Waals surface area contributed by atoms with Gasteiger partial charge in [-0.2, -0.15) is 0 Å². The summed E-state index contributed by atoms with van der Waals surface area (Å²) in [5.74, 6) is 0.357. The second kappa shape index (κ2) is 6.21. The van der Waals surface area contributed by atoms with E-state index in [0.717, 1.165) is 29.1 Å². The summed E-state index contributed by atoms with van der Waals surface area (Å²) in [5.41, 5.74) is 9.56. The molecule has 2 aromatic rings. The van der Waals surface area contributed by atoms with Gasteiger partial charge in [0.05, 0.1) is 10.6 Å². The first-order valence-electron chi connectivity index (χ1n) is 6.63. The molecule has 2 rings (SSSR count). The van der Waals surface area contributed by atoms with E-state index in [1.54, 1.807) is 0 Å². The fourth-order valence-electron chi connectivity index (χ4n) is 1.97. The monoisotopic (exact) mass is 276 g/mol.